The highest BCUT2D eigenvalue weighted by Gasteiger charge is 2.15. The Morgan fingerprint density at radius 1 is 1.67 bits per heavy atom. The summed E-state index contributed by atoms with van der Waals surface area (Å²) in [7, 11) is 0. The lowest BCUT2D eigenvalue weighted by Gasteiger charge is -2.11. The Morgan fingerprint density at radius 2 is 2.53 bits per heavy atom. The van der Waals surface area contributed by atoms with Crippen LogP contribution in [0.2, 0.25) is 5.02 Å². The molecule has 1 fully saturated rings. The molecule has 2 rings (SSSR count). The van der Waals surface area contributed by atoms with Crippen LogP contribution in [0.3, 0.4) is 0 Å². The summed E-state index contributed by atoms with van der Waals surface area (Å²) in [5.74, 6) is -0.492. The van der Waals surface area contributed by atoms with Crippen LogP contribution >= 0.6 is 11.6 Å². The summed E-state index contributed by atoms with van der Waals surface area (Å²) in [4.78, 5) is 3.78. The van der Waals surface area contributed by atoms with Crippen molar-refractivity contribution in [1.82, 2.24) is 10.3 Å². The van der Waals surface area contributed by atoms with Crippen LogP contribution in [0.4, 0.5) is 4.39 Å². The molecule has 3 nitrogen and oxygen atoms in total. The monoisotopic (exact) mass is 230 g/mol. The van der Waals surface area contributed by atoms with E-state index in [0.29, 0.717) is 12.6 Å². The van der Waals surface area contributed by atoms with Crippen molar-refractivity contribution in [3.05, 3.63) is 23.1 Å². The minimum Gasteiger partial charge on any atom is -0.474 e. The van der Waals surface area contributed by atoms with Crippen LogP contribution in [0.1, 0.15) is 12.8 Å². The molecule has 15 heavy (non-hydrogen) atoms. The van der Waals surface area contributed by atoms with Gasteiger partial charge in [-0.15, -0.1) is 0 Å². The van der Waals surface area contributed by atoms with E-state index in [2.05, 4.69) is 10.3 Å². The number of pyridine rings is 1. The molecule has 1 saturated heterocycles. The molecule has 5 heteroatoms. The molecule has 0 bridgehead atoms. The second-order valence-corrected chi connectivity index (χ2v) is 3.98. The van der Waals surface area contributed by atoms with Gasteiger partial charge in [0.05, 0.1) is 5.02 Å². The van der Waals surface area contributed by atoms with E-state index in [1.807, 2.05) is 0 Å². The molecule has 0 saturated carbocycles. The van der Waals surface area contributed by atoms with Gasteiger partial charge in [0.25, 0.3) is 5.88 Å². The quantitative estimate of drug-likeness (QED) is 0.863. The topological polar surface area (TPSA) is 34.1 Å². The highest BCUT2D eigenvalue weighted by molar-refractivity contribution is 6.30. The van der Waals surface area contributed by atoms with E-state index < -0.39 is 5.82 Å². The number of aromatic nitrogens is 1. The molecule has 1 N–H and O–H groups in total. The Kier molecular flexibility index (Phi) is 3.38. The first-order valence-corrected chi connectivity index (χ1v) is 5.31. The van der Waals surface area contributed by atoms with Crippen molar-refractivity contribution < 1.29 is 9.13 Å². The van der Waals surface area contributed by atoms with Crippen LogP contribution in [-0.4, -0.2) is 24.2 Å². The van der Waals surface area contributed by atoms with Gasteiger partial charge < -0.3 is 10.1 Å². The molecule has 2 heterocycles. The van der Waals surface area contributed by atoms with Gasteiger partial charge in [-0.25, -0.2) is 9.37 Å². The molecular weight excluding hydrogens is 219 g/mol. The first-order chi connectivity index (χ1) is 7.25. The van der Waals surface area contributed by atoms with Crippen LogP contribution in [0.15, 0.2) is 12.3 Å². The second kappa shape index (κ2) is 4.77. The Labute approximate surface area is 92.6 Å². The lowest BCUT2D eigenvalue weighted by molar-refractivity contribution is 0.255. The molecule has 1 aliphatic rings. The van der Waals surface area contributed by atoms with E-state index in [-0.39, 0.29) is 10.9 Å². The van der Waals surface area contributed by atoms with Crippen LogP contribution in [0.5, 0.6) is 5.88 Å². The summed E-state index contributed by atoms with van der Waals surface area (Å²) in [6, 6.07) is 1.51. The van der Waals surface area contributed by atoms with Gasteiger partial charge >= 0.3 is 0 Å². The van der Waals surface area contributed by atoms with Crippen molar-refractivity contribution in [1.29, 1.82) is 0 Å². The van der Waals surface area contributed by atoms with E-state index in [1.54, 1.807) is 0 Å². The third kappa shape index (κ3) is 2.79. The molecule has 82 valence electrons. The normalized spacial score (nSPS) is 20.5. The standard InChI is InChI=1S/C10H12ClFN2O/c11-7-4-9(12)10(14-5-7)15-6-8-2-1-3-13-8/h4-5,8,13H,1-3,6H2. The van der Waals surface area contributed by atoms with Gasteiger partial charge in [0, 0.05) is 12.2 Å². The van der Waals surface area contributed by atoms with Crippen LogP contribution in [0, 0.1) is 5.82 Å². The molecule has 0 spiro atoms. The third-order valence-electron chi connectivity index (χ3n) is 2.36. The maximum absolute atomic E-state index is 13.2. The molecule has 1 aromatic rings. The number of hydrogen-bond acceptors (Lipinski definition) is 3. The van der Waals surface area contributed by atoms with E-state index in [4.69, 9.17) is 16.3 Å². The van der Waals surface area contributed by atoms with Crippen molar-refractivity contribution in [2.75, 3.05) is 13.2 Å². The van der Waals surface area contributed by atoms with Crippen molar-refractivity contribution in [2.45, 2.75) is 18.9 Å². The largest absolute Gasteiger partial charge is 0.474 e. The number of halogens is 2. The van der Waals surface area contributed by atoms with E-state index in [1.165, 1.54) is 12.3 Å². The SMILES string of the molecule is Fc1cc(Cl)cnc1OCC1CCCN1. The molecular formula is C10H12ClFN2O. The number of rotatable bonds is 3. The summed E-state index contributed by atoms with van der Waals surface area (Å²) in [6.45, 7) is 1.45. The summed E-state index contributed by atoms with van der Waals surface area (Å²) < 4.78 is 18.5. The summed E-state index contributed by atoms with van der Waals surface area (Å²) in [5.41, 5.74) is 0. The van der Waals surface area contributed by atoms with Gasteiger partial charge in [-0.1, -0.05) is 11.6 Å². The van der Waals surface area contributed by atoms with Gasteiger partial charge in [0.15, 0.2) is 5.82 Å². The average molecular weight is 231 g/mol. The van der Waals surface area contributed by atoms with Crippen molar-refractivity contribution >= 4 is 11.6 Å². The smallest absolute Gasteiger partial charge is 0.250 e. The molecule has 1 aliphatic heterocycles. The van der Waals surface area contributed by atoms with Crippen LogP contribution in [-0.2, 0) is 0 Å². The zero-order valence-corrected chi connectivity index (χ0v) is 8.93. The van der Waals surface area contributed by atoms with Crippen molar-refractivity contribution in [3.8, 4) is 5.88 Å². The highest BCUT2D eigenvalue weighted by Crippen LogP contribution is 2.18. The molecule has 0 aromatic carbocycles. The lowest BCUT2D eigenvalue weighted by atomic mass is 10.2. The average Bonchev–Trinajstić information content (AvgIpc) is 2.69. The van der Waals surface area contributed by atoms with E-state index in [0.717, 1.165) is 19.4 Å². The van der Waals surface area contributed by atoms with Crippen molar-refractivity contribution in [2.24, 2.45) is 0 Å². The Hall–Kier alpha value is -0.870. The van der Waals surface area contributed by atoms with Crippen LogP contribution < -0.4 is 10.1 Å². The first kappa shape index (κ1) is 10.6. The molecule has 0 radical (unpaired) electrons. The second-order valence-electron chi connectivity index (χ2n) is 3.54. The van der Waals surface area contributed by atoms with Gasteiger partial charge in [-0.05, 0) is 25.5 Å². The fraction of sp³-hybridized carbons (Fsp3) is 0.500. The van der Waals surface area contributed by atoms with Crippen molar-refractivity contribution in [3.63, 3.8) is 0 Å². The number of nitrogens with zero attached hydrogens (tertiary/aromatic N) is 1. The lowest BCUT2D eigenvalue weighted by Crippen LogP contribution is -2.28. The number of hydrogen-bond donors (Lipinski definition) is 1. The predicted molar refractivity (Wildman–Crippen MR) is 55.7 cm³/mol. The molecule has 1 unspecified atom stereocenters. The summed E-state index contributed by atoms with van der Waals surface area (Å²) in [6.07, 6.45) is 3.59. The third-order valence-corrected chi connectivity index (χ3v) is 2.56. The van der Waals surface area contributed by atoms with Gasteiger partial charge in [-0.2, -0.15) is 0 Å². The molecule has 1 atom stereocenters. The van der Waals surface area contributed by atoms with Gasteiger partial charge in [-0.3, -0.25) is 0 Å². The first-order valence-electron chi connectivity index (χ1n) is 4.93. The zero-order valence-electron chi connectivity index (χ0n) is 8.17. The molecule has 1 aromatic heterocycles. The molecule has 0 amide bonds. The Bertz CT molecular complexity index is 342. The van der Waals surface area contributed by atoms with Gasteiger partial charge in [0.1, 0.15) is 6.61 Å². The zero-order chi connectivity index (χ0) is 10.7. The Balaban J connectivity index is 1.92. The summed E-state index contributed by atoms with van der Waals surface area (Å²) >= 11 is 5.57. The van der Waals surface area contributed by atoms with E-state index in [9.17, 15) is 4.39 Å². The van der Waals surface area contributed by atoms with Gasteiger partial charge in [0.2, 0.25) is 0 Å². The predicted octanol–water partition coefficient (Wildman–Crippen LogP) is 2.00. The number of nitrogens with one attached hydrogen (secondary N) is 1. The molecule has 0 aliphatic carbocycles. The summed E-state index contributed by atoms with van der Waals surface area (Å²) in [5, 5.41) is 3.53. The maximum atomic E-state index is 13.2. The maximum Gasteiger partial charge on any atom is 0.250 e. The number of ether oxygens (including phenoxy) is 1. The fourth-order valence-electron chi connectivity index (χ4n) is 1.59. The van der Waals surface area contributed by atoms with E-state index >= 15 is 0 Å². The highest BCUT2D eigenvalue weighted by atomic mass is 35.5. The van der Waals surface area contributed by atoms with Crippen LogP contribution in [0.25, 0.3) is 0 Å². The minimum atomic E-state index is -0.513. The fourth-order valence-corrected chi connectivity index (χ4v) is 1.73. The Morgan fingerprint density at radius 3 is 3.20 bits per heavy atom. The minimum absolute atomic E-state index is 0.0214.